The molecule has 0 radical (unpaired) electrons. The highest BCUT2D eigenvalue weighted by molar-refractivity contribution is 5.90. The van der Waals surface area contributed by atoms with Crippen molar-refractivity contribution in [3.05, 3.63) is 65.6 Å². The summed E-state index contributed by atoms with van der Waals surface area (Å²) >= 11 is 0. The molecule has 1 aromatic rings. The maximum absolute atomic E-state index is 12.3. The fourth-order valence-corrected chi connectivity index (χ4v) is 3.68. The van der Waals surface area contributed by atoms with Crippen molar-refractivity contribution in [1.29, 1.82) is 0 Å². The van der Waals surface area contributed by atoms with Gasteiger partial charge in [-0.15, -0.1) is 0 Å². The minimum absolute atomic E-state index is 0.291. The first-order chi connectivity index (χ1) is 17.1. The number of benzene rings is 1. The minimum atomic E-state index is -0.790. The van der Waals surface area contributed by atoms with Crippen LogP contribution in [0.2, 0.25) is 0 Å². The number of hydrogen-bond acceptors (Lipinski definition) is 9. The second-order valence-electron chi connectivity index (χ2n) is 7.67. The predicted molar refractivity (Wildman–Crippen MR) is 142 cm³/mol. The van der Waals surface area contributed by atoms with Gasteiger partial charge >= 0.3 is 0 Å². The summed E-state index contributed by atoms with van der Waals surface area (Å²) in [6, 6.07) is 0. The van der Waals surface area contributed by atoms with Crippen molar-refractivity contribution in [2.75, 3.05) is 39.3 Å². The average Bonchev–Trinajstić information content (AvgIpc) is 2.84. The summed E-state index contributed by atoms with van der Waals surface area (Å²) in [5, 5.41) is 36.8. The van der Waals surface area contributed by atoms with E-state index in [1.807, 2.05) is 56.2 Å². The highest BCUT2D eigenvalue weighted by atomic mass is 16.6. The van der Waals surface area contributed by atoms with Crippen molar-refractivity contribution in [3.63, 3.8) is 0 Å². The SMILES string of the molecule is CCN(/C=C/c1c([N+](=O)[O-])c(/C=C/N(CC)CC)c([N+](=O)[O-])c(/C=C/N(CC)CC)c1[N+](=O)[O-])CC. The lowest BCUT2D eigenvalue weighted by atomic mass is 9.96. The summed E-state index contributed by atoms with van der Waals surface area (Å²) in [5.74, 6) is 0. The fourth-order valence-electron chi connectivity index (χ4n) is 3.68. The number of nitro groups is 3. The topological polar surface area (TPSA) is 139 Å². The molecular weight excluding hydrogens is 468 g/mol. The summed E-state index contributed by atoms with van der Waals surface area (Å²) in [5.41, 5.74) is -2.91. The summed E-state index contributed by atoms with van der Waals surface area (Å²) in [7, 11) is 0. The van der Waals surface area contributed by atoms with Gasteiger partial charge in [-0.3, -0.25) is 30.3 Å². The van der Waals surface area contributed by atoms with Gasteiger partial charge in [0.1, 0.15) is 16.7 Å². The van der Waals surface area contributed by atoms with Crippen LogP contribution < -0.4 is 0 Å². The molecule has 0 unspecified atom stereocenters. The Hall–Kier alpha value is -3.96. The predicted octanol–water partition coefficient (Wildman–Crippen LogP) is 5.35. The number of hydrogen-bond donors (Lipinski definition) is 0. The van der Waals surface area contributed by atoms with Crippen LogP contribution in [0.25, 0.3) is 18.2 Å². The van der Waals surface area contributed by atoms with E-state index >= 15 is 0 Å². The lowest BCUT2D eigenvalue weighted by Crippen LogP contribution is -2.16. The highest BCUT2D eigenvalue weighted by Gasteiger charge is 2.39. The van der Waals surface area contributed by atoms with Crippen LogP contribution >= 0.6 is 0 Å². The molecule has 0 spiro atoms. The third kappa shape index (κ3) is 7.27. The van der Waals surface area contributed by atoms with Gasteiger partial charge in [0.2, 0.25) is 0 Å². The van der Waals surface area contributed by atoms with E-state index < -0.39 is 31.8 Å². The van der Waals surface area contributed by atoms with Crippen LogP contribution in [0.4, 0.5) is 17.1 Å². The van der Waals surface area contributed by atoms with Crippen molar-refractivity contribution in [1.82, 2.24) is 14.7 Å². The van der Waals surface area contributed by atoms with Crippen LogP contribution in [0.3, 0.4) is 0 Å². The Labute approximate surface area is 211 Å². The molecule has 1 aromatic carbocycles. The first kappa shape index (κ1) is 30.1. The molecule has 0 aliphatic carbocycles. The Kier molecular flexibility index (Phi) is 12.1. The van der Waals surface area contributed by atoms with E-state index in [1.165, 1.54) is 36.8 Å². The van der Waals surface area contributed by atoms with Crippen molar-refractivity contribution in [2.45, 2.75) is 41.5 Å². The number of nitro benzene ring substituents is 3. The molecule has 12 nitrogen and oxygen atoms in total. The molecule has 0 aliphatic heterocycles. The van der Waals surface area contributed by atoms with Gasteiger partial charge in [0, 0.05) is 57.9 Å². The maximum Gasteiger partial charge on any atom is 0.297 e. The summed E-state index contributed by atoms with van der Waals surface area (Å²) in [6.07, 6.45) is 8.52. The van der Waals surface area contributed by atoms with Gasteiger partial charge in [0.25, 0.3) is 17.1 Å². The van der Waals surface area contributed by atoms with E-state index in [9.17, 15) is 30.3 Å². The smallest absolute Gasteiger partial charge is 0.297 e. The maximum atomic E-state index is 12.3. The van der Waals surface area contributed by atoms with Crippen LogP contribution in [-0.2, 0) is 0 Å². The lowest BCUT2D eigenvalue weighted by Gasteiger charge is -2.17. The monoisotopic (exact) mass is 504 g/mol. The molecule has 0 amide bonds. The zero-order valence-corrected chi connectivity index (χ0v) is 21.8. The van der Waals surface area contributed by atoms with Crippen molar-refractivity contribution >= 4 is 35.3 Å². The third-order valence-electron chi connectivity index (χ3n) is 5.87. The Morgan fingerprint density at radius 2 is 0.694 bits per heavy atom. The van der Waals surface area contributed by atoms with E-state index in [0.717, 1.165) is 0 Å². The average molecular weight is 505 g/mol. The van der Waals surface area contributed by atoms with Crippen LogP contribution in [0.5, 0.6) is 0 Å². The van der Waals surface area contributed by atoms with E-state index in [1.54, 1.807) is 0 Å². The van der Waals surface area contributed by atoms with E-state index in [-0.39, 0.29) is 16.7 Å². The number of rotatable bonds is 15. The summed E-state index contributed by atoms with van der Waals surface area (Å²) in [6.45, 7) is 14.7. The fraction of sp³-hybridized carbons (Fsp3) is 0.500. The molecule has 12 heteroatoms. The quantitative estimate of drug-likeness (QED) is 0.228. The van der Waals surface area contributed by atoms with E-state index in [0.29, 0.717) is 39.3 Å². The number of nitrogens with zero attached hydrogens (tertiary/aromatic N) is 6. The largest absolute Gasteiger partial charge is 0.378 e. The molecule has 198 valence electrons. The second-order valence-corrected chi connectivity index (χ2v) is 7.67. The zero-order chi connectivity index (χ0) is 27.4. The van der Waals surface area contributed by atoms with Crippen LogP contribution in [0.1, 0.15) is 58.2 Å². The van der Waals surface area contributed by atoms with Gasteiger partial charge in [-0.2, -0.15) is 0 Å². The van der Waals surface area contributed by atoms with Gasteiger partial charge in [-0.05, 0) is 59.8 Å². The standard InChI is InChI=1S/C24H36N6O6/c1-7-25(8-2)16-13-19-22(28(31)32)20(14-17-26(9-3)10-4)24(30(35)36)21(23(19)29(33)34)15-18-27(11-5)12-6/h13-18H,7-12H2,1-6H3/b16-13+,17-14+,18-15+. The first-order valence-electron chi connectivity index (χ1n) is 12.0. The molecule has 0 saturated heterocycles. The Morgan fingerprint density at radius 1 is 0.500 bits per heavy atom. The first-order valence-corrected chi connectivity index (χ1v) is 12.0. The molecule has 0 heterocycles. The normalized spacial score (nSPS) is 11.5. The van der Waals surface area contributed by atoms with Crippen molar-refractivity contribution in [3.8, 4) is 0 Å². The van der Waals surface area contributed by atoms with Gasteiger partial charge < -0.3 is 14.7 Å². The molecule has 1 rings (SSSR count). The molecule has 0 saturated carbocycles. The summed E-state index contributed by atoms with van der Waals surface area (Å²) in [4.78, 5) is 39.9. The van der Waals surface area contributed by atoms with Gasteiger partial charge in [0.15, 0.2) is 0 Å². The Bertz CT molecular complexity index is 875. The zero-order valence-electron chi connectivity index (χ0n) is 21.8. The van der Waals surface area contributed by atoms with E-state index in [2.05, 4.69) is 0 Å². The van der Waals surface area contributed by atoms with E-state index in [4.69, 9.17) is 0 Å². The van der Waals surface area contributed by atoms with Gasteiger partial charge in [0.05, 0.1) is 14.8 Å². The van der Waals surface area contributed by atoms with Gasteiger partial charge in [-0.25, -0.2) is 0 Å². The van der Waals surface area contributed by atoms with Gasteiger partial charge in [-0.1, -0.05) is 0 Å². The Morgan fingerprint density at radius 3 is 0.833 bits per heavy atom. The molecular formula is C24H36N6O6. The van der Waals surface area contributed by atoms with Crippen molar-refractivity contribution < 1.29 is 14.8 Å². The van der Waals surface area contributed by atoms with Crippen LogP contribution in [-0.4, -0.2) is 68.7 Å². The van der Waals surface area contributed by atoms with Crippen LogP contribution in [0.15, 0.2) is 18.6 Å². The summed E-state index contributed by atoms with van der Waals surface area (Å²) < 4.78 is 0. The van der Waals surface area contributed by atoms with Crippen LogP contribution in [0, 0.1) is 30.3 Å². The second kappa shape index (κ2) is 14.4. The van der Waals surface area contributed by atoms with Crippen molar-refractivity contribution in [2.24, 2.45) is 0 Å². The molecule has 0 bridgehead atoms. The Balaban J connectivity index is 4.32. The highest BCUT2D eigenvalue weighted by Crippen LogP contribution is 2.45. The lowest BCUT2D eigenvalue weighted by molar-refractivity contribution is -0.403. The molecule has 0 N–H and O–H groups in total. The third-order valence-corrected chi connectivity index (χ3v) is 5.87. The molecule has 0 atom stereocenters. The molecule has 36 heavy (non-hydrogen) atoms. The minimum Gasteiger partial charge on any atom is -0.378 e. The molecule has 0 aromatic heterocycles. The molecule has 0 fully saturated rings. The molecule has 0 aliphatic rings.